The van der Waals surface area contributed by atoms with Gasteiger partial charge in [0.2, 0.25) is 0 Å². The maximum Gasteiger partial charge on any atom is 0.407 e. The summed E-state index contributed by atoms with van der Waals surface area (Å²) < 4.78 is 4.74. The van der Waals surface area contributed by atoms with E-state index in [4.69, 9.17) is 4.74 Å². The lowest BCUT2D eigenvalue weighted by molar-refractivity contribution is -0.115. The first-order chi connectivity index (χ1) is 5.24. The van der Waals surface area contributed by atoms with Gasteiger partial charge in [-0.25, -0.2) is 4.79 Å². The van der Waals surface area contributed by atoms with Crippen LogP contribution in [0.2, 0.25) is 0 Å². The van der Waals surface area contributed by atoms with E-state index < -0.39 is 0 Å². The van der Waals surface area contributed by atoms with E-state index in [1.165, 1.54) is 0 Å². The minimum atomic E-state index is -0.352. The van der Waals surface area contributed by atoms with E-state index in [9.17, 15) is 9.59 Å². The maximum atomic E-state index is 10.6. The third kappa shape index (κ3) is 0.895. The van der Waals surface area contributed by atoms with Gasteiger partial charge in [-0.05, 0) is 12.8 Å². The molecule has 1 N–H and O–H groups in total. The quantitative estimate of drug-likeness (QED) is 0.545. The Morgan fingerprint density at radius 3 is 2.82 bits per heavy atom. The third-order valence-electron chi connectivity index (χ3n) is 2.35. The molecule has 0 aromatic heterocycles. The Balaban J connectivity index is 1.97. The molecule has 0 aromatic rings. The van der Waals surface area contributed by atoms with Gasteiger partial charge in [-0.2, -0.15) is 0 Å². The van der Waals surface area contributed by atoms with Crippen molar-refractivity contribution in [2.24, 2.45) is 5.92 Å². The van der Waals surface area contributed by atoms with Gasteiger partial charge in [0.05, 0.1) is 5.54 Å². The van der Waals surface area contributed by atoms with Crippen LogP contribution in [0.1, 0.15) is 12.8 Å². The minimum absolute atomic E-state index is 0.122. The predicted octanol–water partition coefficient (Wildman–Crippen LogP) is 0.0739. The number of hydrogen-bond acceptors (Lipinski definition) is 3. The van der Waals surface area contributed by atoms with Gasteiger partial charge in [-0.3, -0.25) is 0 Å². The highest BCUT2D eigenvalue weighted by Gasteiger charge is 2.49. The molecular formula is C7H9NO3. The van der Waals surface area contributed by atoms with Crippen LogP contribution in [0.15, 0.2) is 0 Å². The maximum absolute atomic E-state index is 10.6. The van der Waals surface area contributed by atoms with E-state index >= 15 is 0 Å². The van der Waals surface area contributed by atoms with Gasteiger partial charge >= 0.3 is 6.09 Å². The molecule has 1 aliphatic heterocycles. The topological polar surface area (TPSA) is 55.4 Å². The van der Waals surface area contributed by atoms with Crippen molar-refractivity contribution < 1.29 is 14.3 Å². The molecule has 60 valence electrons. The SMILES string of the molecule is O=CC1CC2(COC(=O)N2)C1. The molecule has 4 nitrogen and oxygen atoms in total. The summed E-state index contributed by atoms with van der Waals surface area (Å²) in [4.78, 5) is 20.9. The van der Waals surface area contributed by atoms with Gasteiger partial charge in [-0.15, -0.1) is 0 Å². The summed E-state index contributed by atoms with van der Waals surface area (Å²) in [7, 11) is 0. The summed E-state index contributed by atoms with van der Waals surface area (Å²) in [6.45, 7) is 0.427. The van der Waals surface area contributed by atoms with Crippen LogP contribution < -0.4 is 5.32 Å². The lowest BCUT2D eigenvalue weighted by atomic mass is 9.70. The number of carbonyl (C=O) groups is 2. The van der Waals surface area contributed by atoms with Gasteiger partial charge in [0.25, 0.3) is 0 Å². The normalized spacial score (nSPS) is 41.1. The van der Waals surface area contributed by atoms with E-state index in [-0.39, 0.29) is 17.6 Å². The van der Waals surface area contributed by atoms with Gasteiger partial charge < -0.3 is 14.8 Å². The summed E-state index contributed by atoms with van der Waals surface area (Å²) in [6.07, 6.45) is 2.06. The zero-order chi connectivity index (χ0) is 7.90. The van der Waals surface area contributed by atoms with Gasteiger partial charge in [-0.1, -0.05) is 0 Å². The number of nitrogens with one attached hydrogen (secondary N) is 1. The lowest BCUT2D eigenvalue weighted by Gasteiger charge is -2.40. The van der Waals surface area contributed by atoms with Crippen molar-refractivity contribution >= 4 is 12.4 Å². The van der Waals surface area contributed by atoms with Crippen molar-refractivity contribution in [3.8, 4) is 0 Å². The highest BCUT2D eigenvalue weighted by molar-refractivity contribution is 5.72. The first-order valence-electron chi connectivity index (χ1n) is 3.64. The fraction of sp³-hybridized carbons (Fsp3) is 0.714. The highest BCUT2D eigenvalue weighted by atomic mass is 16.6. The molecule has 1 spiro atoms. The van der Waals surface area contributed by atoms with Crippen molar-refractivity contribution in [2.75, 3.05) is 6.61 Å². The fourth-order valence-electron chi connectivity index (χ4n) is 1.75. The Morgan fingerprint density at radius 1 is 1.64 bits per heavy atom. The second kappa shape index (κ2) is 1.96. The first-order valence-corrected chi connectivity index (χ1v) is 3.64. The van der Waals surface area contributed by atoms with Crippen LogP contribution in [0.25, 0.3) is 0 Å². The lowest BCUT2D eigenvalue weighted by Crippen LogP contribution is -2.54. The Kier molecular flexibility index (Phi) is 1.19. The number of hydrogen-bond donors (Lipinski definition) is 1. The average Bonchev–Trinajstić information content (AvgIpc) is 2.28. The zero-order valence-electron chi connectivity index (χ0n) is 6.00. The molecule has 0 aromatic carbocycles. The number of cyclic esters (lactones) is 1. The molecule has 0 bridgehead atoms. The average molecular weight is 155 g/mol. The second-order valence-corrected chi connectivity index (χ2v) is 3.29. The van der Waals surface area contributed by atoms with Gasteiger partial charge in [0.1, 0.15) is 12.9 Å². The van der Waals surface area contributed by atoms with Crippen LogP contribution >= 0.6 is 0 Å². The summed E-state index contributed by atoms with van der Waals surface area (Å²) in [5.41, 5.74) is -0.192. The molecule has 1 heterocycles. The number of alkyl carbamates (subject to hydrolysis) is 1. The van der Waals surface area contributed by atoms with Crippen LogP contribution in [-0.2, 0) is 9.53 Å². The number of ether oxygens (including phenoxy) is 1. The van der Waals surface area contributed by atoms with Crippen molar-refractivity contribution in [1.82, 2.24) is 5.32 Å². The van der Waals surface area contributed by atoms with Crippen LogP contribution in [-0.4, -0.2) is 24.5 Å². The van der Waals surface area contributed by atoms with Crippen molar-refractivity contribution in [1.29, 1.82) is 0 Å². The molecule has 2 aliphatic rings. The molecular weight excluding hydrogens is 146 g/mol. The van der Waals surface area contributed by atoms with Crippen molar-refractivity contribution in [3.05, 3.63) is 0 Å². The van der Waals surface area contributed by atoms with E-state index in [0.717, 1.165) is 19.1 Å². The number of carbonyl (C=O) groups excluding carboxylic acids is 2. The Bertz CT molecular complexity index is 208. The monoisotopic (exact) mass is 155 g/mol. The molecule has 1 saturated heterocycles. The summed E-state index contributed by atoms with van der Waals surface area (Å²) in [5, 5.41) is 2.71. The van der Waals surface area contributed by atoms with E-state index in [1.54, 1.807) is 0 Å². The molecule has 2 fully saturated rings. The molecule has 2 rings (SSSR count). The van der Waals surface area contributed by atoms with Crippen molar-refractivity contribution in [2.45, 2.75) is 18.4 Å². The standard InChI is InChI=1S/C7H9NO3/c9-3-5-1-7(2-5)4-11-6(10)8-7/h3,5H,1-2,4H2,(H,8,10). The number of aldehydes is 1. The first kappa shape index (κ1) is 6.64. The molecule has 0 unspecified atom stereocenters. The number of rotatable bonds is 1. The largest absolute Gasteiger partial charge is 0.447 e. The Labute approximate surface area is 63.9 Å². The predicted molar refractivity (Wildman–Crippen MR) is 36.0 cm³/mol. The van der Waals surface area contributed by atoms with Crippen LogP contribution in [0, 0.1) is 5.92 Å². The van der Waals surface area contributed by atoms with Crippen LogP contribution in [0.5, 0.6) is 0 Å². The van der Waals surface area contributed by atoms with Gasteiger partial charge in [0, 0.05) is 5.92 Å². The smallest absolute Gasteiger partial charge is 0.407 e. The third-order valence-corrected chi connectivity index (χ3v) is 2.35. The molecule has 1 saturated carbocycles. The molecule has 0 atom stereocenters. The highest BCUT2D eigenvalue weighted by Crippen LogP contribution is 2.38. The van der Waals surface area contributed by atoms with Crippen molar-refractivity contribution in [3.63, 3.8) is 0 Å². The van der Waals surface area contributed by atoms with Crippen LogP contribution in [0.4, 0.5) is 4.79 Å². The summed E-state index contributed by atoms with van der Waals surface area (Å²) in [5.74, 6) is 0.122. The van der Waals surface area contributed by atoms with Crippen LogP contribution in [0.3, 0.4) is 0 Å². The zero-order valence-corrected chi connectivity index (χ0v) is 6.00. The Morgan fingerprint density at radius 2 is 2.36 bits per heavy atom. The van der Waals surface area contributed by atoms with E-state index in [1.807, 2.05) is 0 Å². The second-order valence-electron chi connectivity index (χ2n) is 3.29. The summed E-state index contributed by atoms with van der Waals surface area (Å²) >= 11 is 0. The summed E-state index contributed by atoms with van der Waals surface area (Å²) in [6, 6.07) is 0. The Hall–Kier alpha value is -1.06. The molecule has 0 radical (unpaired) electrons. The van der Waals surface area contributed by atoms with E-state index in [2.05, 4.69) is 5.32 Å². The number of amides is 1. The molecule has 1 amide bonds. The van der Waals surface area contributed by atoms with E-state index in [0.29, 0.717) is 6.61 Å². The minimum Gasteiger partial charge on any atom is -0.447 e. The molecule has 11 heavy (non-hydrogen) atoms. The van der Waals surface area contributed by atoms with Gasteiger partial charge in [0.15, 0.2) is 0 Å². The molecule has 1 aliphatic carbocycles. The fourth-order valence-corrected chi connectivity index (χ4v) is 1.75. The molecule has 4 heteroatoms.